The number of nitrogens with zero attached hydrogens (tertiary/aromatic N) is 2. The first-order valence-corrected chi connectivity index (χ1v) is 7.84. The van der Waals surface area contributed by atoms with Crippen LogP contribution in [0.25, 0.3) is 10.9 Å². The quantitative estimate of drug-likeness (QED) is 0.635. The molecule has 0 saturated carbocycles. The van der Waals surface area contributed by atoms with Crippen molar-refractivity contribution in [3.05, 3.63) is 27.9 Å². The Morgan fingerprint density at radius 2 is 2.00 bits per heavy atom. The summed E-state index contributed by atoms with van der Waals surface area (Å²) < 4.78 is 7.82. The molecule has 0 spiro atoms. The lowest BCUT2D eigenvalue weighted by atomic mass is 10.1. The molecule has 0 atom stereocenters. The summed E-state index contributed by atoms with van der Waals surface area (Å²) in [4.78, 5) is 24.5. The predicted octanol–water partition coefficient (Wildman–Crippen LogP) is 2.55. The Hall–Kier alpha value is -1.86. The maximum absolute atomic E-state index is 11.3. The van der Waals surface area contributed by atoms with Gasteiger partial charge in [-0.2, -0.15) is 0 Å². The predicted molar refractivity (Wildman–Crippen MR) is 90.7 cm³/mol. The standard InChI is InChI=1S/C16H19BrN2O4/c1-9(20)23-15-5-10-11(6-16(21)22)14(8-18(2)3)19(4)13(10)7-12(15)17/h5,7H,6,8H2,1-4H3,(H,21,22). The average Bonchev–Trinajstić information content (AvgIpc) is 2.63. The molecule has 0 radical (unpaired) electrons. The second kappa shape index (κ2) is 6.72. The minimum Gasteiger partial charge on any atom is -0.481 e. The van der Waals surface area contributed by atoms with Gasteiger partial charge in [-0.25, -0.2) is 0 Å². The summed E-state index contributed by atoms with van der Waals surface area (Å²) in [5.41, 5.74) is 2.56. The Kier molecular flexibility index (Phi) is 5.11. The molecule has 0 aliphatic carbocycles. The molecular weight excluding hydrogens is 364 g/mol. The largest absolute Gasteiger partial charge is 0.481 e. The number of fused-ring (bicyclic) bond motifs is 1. The summed E-state index contributed by atoms with van der Waals surface area (Å²) in [6.45, 7) is 1.95. The molecule has 0 bridgehead atoms. The summed E-state index contributed by atoms with van der Waals surface area (Å²) in [5, 5.41) is 10.0. The van der Waals surface area contributed by atoms with Crippen LogP contribution in [0.4, 0.5) is 0 Å². The smallest absolute Gasteiger partial charge is 0.308 e. The third-order valence-electron chi connectivity index (χ3n) is 3.54. The van der Waals surface area contributed by atoms with E-state index in [-0.39, 0.29) is 6.42 Å². The highest BCUT2D eigenvalue weighted by Crippen LogP contribution is 2.35. The highest BCUT2D eigenvalue weighted by atomic mass is 79.9. The second-order valence-corrected chi connectivity index (χ2v) is 6.54. The van der Waals surface area contributed by atoms with Crippen molar-refractivity contribution in [1.82, 2.24) is 9.47 Å². The number of aryl methyl sites for hydroxylation is 1. The number of halogens is 1. The fraction of sp³-hybridized carbons (Fsp3) is 0.375. The van der Waals surface area contributed by atoms with Crippen molar-refractivity contribution in [2.24, 2.45) is 7.05 Å². The van der Waals surface area contributed by atoms with Crippen molar-refractivity contribution < 1.29 is 19.4 Å². The van der Waals surface area contributed by atoms with Gasteiger partial charge in [-0.3, -0.25) is 9.59 Å². The Morgan fingerprint density at radius 3 is 2.52 bits per heavy atom. The number of benzene rings is 1. The molecule has 0 saturated heterocycles. The SMILES string of the molecule is CC(=O)Oc1cc2c(CC(=O)O)c(CN(C)C)n(C)c2cc1Br. The first-order chi connectivity index (χ1) is 10.7. The number of carbonyl (C=O) groups excluding carboxylic acids is 1. The van der Waals surface area contributed by atoms with E-state index in [2.05, 4.69) is 15.9 Å². The number of carbonyl (C=O) groups is 2. The van der Waals surface area contributed by atoms with Gasteiger partial charge in [0.05, 0.1) is 10.9 Å². The number of ether oxygens (including phenoxy) is 1. The first kappa shape index (κ1) is 17.5. The fourth-order valence-electron chi connectivity index (χ4n) is 2.65. The van der Waals surface area contributed by atoms with E-state index < -0.39 is 11.9 Å². The van der Waals surface area contributed by atoms with Crippen molar-refractivity contribution in [3.8, 4) is 5.75 Å². The molecule has 124 valence electrons. The molecule has 1 aromatic carbocycles. The minimum absolute atomic E-state index is 0.0817. The molecular formula is C16H19BrN2O4. The van der Waals surface area contributed by atoms with Crippen LogP contribution in [0.5, 0.6) is 5.75 Å². The van der Waals surface area contributed by atoms with Crippen molar-refractivity contribution in [2.45, 2.75) is 19.9 Å². The summed E-state index contributed by atoms with van der Waals surface area (Å²) in [6, 6.07) is 3.57. The van der Waals surface area contributed by atoms with E-state index in [1.165, 1.54) is 6.92 Å². The molecule has 0 aliphatic heterocycles. The molecule has 23 heavy (non-hydrogen) atoms. The Morgan fingerprint density at radius 1 is 1.35 bits per heavy atom. The number of carboxylic acids is 1. The number of hydrogen-bond donors (Lipinski definition) is 1. The summed E-state index contributed by atoms with van der Waals surface area (Å²) >= 11 is 3.40. The second-order valence-electron chi connectivity index (χ2n) is 5.69. The first-order valence-electron chi connectivity index (χ1n) is 7.05. The van der Waals surface area contributed by atoms with E-state index in [1.54, 1.807) is 6.07 Å². The molecule has 1 aromatic heterocycles. The van der Waals surface area contributed by atoms with Crippen molar-refractivity contribution in [3.63, 3.8) is 0 Å². The van der Waals surface area contributed by atoms with Crippen LogP contribution in [-0.2, 0) is 29.6 Å². The summed E-state index contributed by atoms with van der Waals surface area (Å²) in [6.07, 6.45) is -0.0817. The average molecular weight is 383 g/mol. The molecule has 7 heteroatoms. The van der Waals surface area contributed by atoms with E-state index >= 15 is 0 Å². The molecule has 1 heterocycles. The molecule has 0 fully saturated rings. The van der Waals surface area contributed by atoms with Gasteiger partial charge in [0.25, 0.3) is 0 Å². The monoisotopic (exact) mass is 382 g/mol. The number of hydrogen-bond acceptors (Lipinski definition) is 4. The van der Waals surface area contributed by atoms with Gasteiger partial charge in [0.15, 0.2) is 0 Å². The fourth-order valence-corrected chi connectivity index (χ4v) is 3.06. The third-order valence-corrected chi connectivity index (χ3v) is 4.16. The minimum atomic E-state index is -0.894. The van der Waals surface area contributed by atoms with E-state index in [0.29, 0.717) is 16.8 Å². The number of aromatic nitrogens is 1. The van der Waals surface area contributed by atoms with E-state index in [4.69, 9.17) is 4.74 Å². The molecule has 0 aliphatic rings. The Bertz CT molecular complexity index is 780. The normalized spacial score (nSPS) is 11.2. The lowest BCUT2D eigenvalue weighted by Crippen LogP contribution is -2.15. The number of rotatable bonds is 5. The maximum Gasteiger partial charge on any atom is 0.308 e. The molecule has 0 unspecified atom stereocenters. The Balaban J connectivity index is 2.72. The van der Waals surface area contributed by atoms with E-state index in [0.717, 1.165) is 22.2 Å². The van der Waals surface area contributed by atoms with E-state index in [9.17, 15) is 14.7 Å². The van der Waals surface area contributed by atoms with Crippen LogP contribution < -0.4 is 4.74 Å². The lowest BCUT2D eigenvalue weighted by molar-refractivity contribution is -0.136. The van der Waals surface area contributed by atoms with Gasteiger partial charge < -0.3 is 19.3 Å². The summed E-state index contributed by atoms with van der Waals surface area (Å²) in [5.74, 6) is -0.928. The van der Waals surface area contributed by atoms with Gasteiger partial charge >= 0.3 is 11.9 Å². The van der Waals surface area contributed by atoms with Crippen LogP contribution in [0, 0.1) is 0 Å². The topological polar surface area (TPSA) is 71.8 Å². The van der Waals surface area contributed by atoms with E-state index in [1.807, 2.05) is 36.7 Å². The van der Waals surface area contributed by atoms with Crippen LogP contribution in [-0.4, -0.2) is 40.6 Å². The maximum atomic E-state index is 11.3. The van der Waals surface area contributed by atoms with Crippen LogP contribution in [0.15, 0.2) is 16.6 Å². The van der Waals surface area contributed by atoms with Crippen molar-refractivity contribution in [2.75, 3.05) is 14.1 Å². The molecule has 0 amide bonds. The zero-order chi connectivity index (χ0) is 17.3. The number of esters is 1. The van der Waals surface area contributed by atoms with Crippen LogP contribution in [0.3, 0.4) is 0 Å². The number of aliphatic carboxylic acids is 1. The van der Waals surface area contributed by atoms with Gasteiger partial charge in [0.1, 0.15) is 5.75 Å². The van der Waals surface area contributed by atoms with Gasteiger partial charge in [0.2, 0.25) is 0 Å². The highest BCUT2D eigenvalue weighted by Gasteiger charge is 2.20. The molecule has 2 aromatic rings. The molecule has 1 N–H and O–H groups in total. The van der Waals surface area contributed by atoms with Crippen molar-refractivity contribution >= 4 is 38.8 Å². The highest BCUT2D eigenvalue weighted by molar-refractivity contribution is 9.10. The third kappa shape index (κ3) is 3.73. The molecule has 6 nitrogen and oxygen atoms in total. The molecule has 2 rings (SSSR count). The van der Waals surface area contributed by atoms with Gasteiger partial charge in [0, 0.05) is 37.1 Å². The van der Waals surface area contributed by atoms with Crippen LogP contribution >= 0.6 is 15.9 Å². The van der Waals surface area contributed by atoms with Crippen LogP contribution in [0.1, 0.15) is 18.2 Å². The zero-order valence-electron chi connectivity index (χ0n) is 13.5. The Labute approximate surface area is 142 Å². The zero-order valence-corrected chi connectivity index (χ0v) is 15.1. The van der Waals surface area contributed by atoms with Gasteiger partial charge in [-0.15, -0.1) is 0 Å². The van der Waals surface area contributed by atoms with Gasteiger partial charge in [-0.1, -0.05) is 0 Å². The summed E-state index contributed by atoms with van der Waals surface area (Å²) in [7, 11) is 5.77. The van der Waals surface area contributed by atoms with Crippen molar-refractivity contribution in [1.29, 1.82) is 0 Å². The lowest BCUT2D eigenvalue weighted by Gasteiger charge is -2.12. The van der Waals surface area contributed by atoms with Gasteiger partial charge in [-0.05, 0) is 47.7 Å². The van der Waals surface area contributed by atoms with Crippen LogP contribution in [0.2, 0.25) is 0 Å². The number of carboxylic acid groups (broad SMARTS) is 1.